The van der Waals surface area contributed by atoms with Crippen LogP contribution < -0.4 is 5.32 Å². The number of aromatic nitrogens is 3. The molecular formula is C10H19BrN4. The van der Waals surface area contributed by atoms with E-state index in [1.807, 2.05) is 18.8 Å². The quantitative estimate of drug-likeness (QED) is 0.890. The van der Waals surface area contributed by atoms with E-state index in [9.17, 15) is 0 Å². The average molecular weight is 275 g/mol. The maximum atomic E-state index is 3.97. The molecule has 0 saturated carbocycles. The van der Waals surface area contributed by atoms with Crippen molar-refractivity contribution >= 4 is 15.9 Å². The van der Waals surface area contributed by atoms with Crippen LogP contribution in [0.4, 0.5) is 0 Å². The van der Waals surface area contributed by atoms with Crippen molar-refractivity contribution < 1.29 is 0 Å². The maximum absolute atomic E-state index is 3.97. The fraction of sp³-hybridized carbons (Fsp3) is 0.800. The Hall–Kier alpha value is -0.420. The molecule has 4 nitrogen and oxygen atoms in total. The van der Waals surface area contributed by atoms with Gasteiger partial charge in [-0.3, -0.25) is 4.68 Å². The first-order valence-electron chi connectivity index (χ1n) is 5.27. The summed E-state index contributed by atoms with van der Waals surface area (Å²) in [7, 11) is 3.94. The number of hydrogen-bond acceptors (Lipinski definition) is 3. The Morgan fingerprint density at radius 3 is 2.53 bits per heavy atom. The molecule has 0 aliphatic rings. The van der Waals surface area contributed by atoms with Crippen molar-refractivity contribution in [3.63, 3.8) is 0 Å². The highest BCUT2D eigenvalue weighted by Gasteiger charge is 2.14. The van der Waals surface area contributed by atoms with Gasteiger partial charge in [-0.1, -0.05) is 19.1 Å². The van der Waals surface area contributed by atoms with Crippen LogP contribution in [0.3, 0.4) is 0 Å². The summed E-state index contributed by atoms with van der Waals surface area (Å²) in [5.41, 5.74) is 1.16. The topological polar surface area (TPSA) is 42.7 Å². The first kappa shape index (κ1) is 12.6. The van der Waals surface area contributed by atoms with Gasteiger partial charge in [-0.2, -0.15) is 0 Å². The molecule has 0 fully saturated rings. The third-order valence-electron chi connectivity index (χ3n) is 2.76. The molecule has 5 heteroatoms. The minimum Gasteiger partial charge on any atom is -0.317 e. The summed E-state index contributed by atoms with van der Waals surface area (Å²) in [6, 6.07) is 0.548. The predicted molar refractivity (Wildman–Crippen MR) is 64.7 cm³/mol. The van der Waals surface area contributed by atoms with E-state index in [1.165, 1.54) is 0 Å². The van der Waals surface area contributed by atoms with Gasteiger partial charge in [-0.25, -0.2) is 0 Å². The predicted octanol–water partition coefficient (Wildman–Crippen LogP) is 1.75. The first-order valence-corrected chi connectivity index (χ1v) is 6.06. The lowest BCUT2D eigenvalue weighted by Crippen LogP contribution is -2.31. The largest absolute Gasteiger partial charge is 0.317 e. The number of aryl methyl sites for hydroxylation is 1. The monoisotopic (exact) mass is 274 g/mol. The molecule has 0 bridgehead atoms. The van der Waals surface area contributed by atoms with Crippen LogP contribution in [0.25, 0.3) is 0 Å². The zero-order valence-corrected chi connectivity index (χ0v) is 11.4. The van der Waals surface area contributed by atoms with Crippen LogP contribution in [0.15, 0.2) is 4.60 Å². The van der Waals surface area contributed by atoms with Gasteiger partial charge in [0.15, 0.2) is 4.60 Å². The minimum absolute atomic E-state index is 0.548. The highest BCUT2D eigenvalue weighted by Crippen LogP contribution is 2.16. The van der Waals surface area contributed by atoms with Crippen LogP contribution in [0.1, 0.15) is 26.0 Å². The first-order chi connectivity index (χ1) is 7.06. The van der Waals surface area contributed by atoms with Gasteiger partial charge in [-0.15, -0.1) is 5.10 Å². The second kappa shape index (κ2) is 5.61. The molecule has 0 aliphatic carbocycles. The summed E-state index contributed by atoms with van der Waals surface area (Å²) < 4.78 is 2.69. The van der Waals surface area contributed by atoms with Gasteiger partial charge in [-0.05, 0) is 41.7 Å². The van der Waals surface area contributed by atoms with Crippen LogP contribution in [0.2, 0.25) is 0 Å². The van der Waals surface area contributed by atoms with Crippen LogP contribution in [0, 0.1) is 5.92 Å². The van der Waals surface area contributed by atoms with Crippen molar-refractivity contribution in [3.8, 4) is 0 Å². The zero-order chi connectivity index (χ0) is 11.4. The van der Waals surface area contributed by atoms with Gasteiger partial charge in [0.05, 0.1) is 5.69 Å². The molecule has 86 valence electrons. The van der Waals surface area contributed by atoms with Gasteiger partial charge in [0.2, 0.25) is 0 Å². The van der Waals surface area contributed by atoms with E-state index in [0.29, 0.717) is 12.0 Å². The highest BCUT2D eigenvalue weighted by molar-refractivity contribution is 9.10. The number of rotatable bonds is 5. The van der Waals surface area contributed by atoms with Crippen molar-refractivity contribution in [1.82, 2.24) is 20.3 Å². The minimum atomic E-state index is 0.548. The molecule has 1 unspecified atom stereocenters. The summed E-state index contributed by atoms with van der Waals surface area (Å²) in [4.78, 5) is 0. The van der Waals surface area contributed by atoms with E-state index in [-0.39, 0.29) is 0 Å². The van der Waals surface area contributed by atoms with Gasteiger partial charge in [0.25, 0.3) is 0 Å². The van der Waals surface area contributed by atoms with E-state index in [4.69, 9.17) is 0 Å². The molecule has 0 saturated heterocycles. The second-order valence-electron chi connectivity index (χ2n) is 4.13. The number of nitrogens with one attached hydrogen (secondary N) is 1. The number of nitrogens with zero attached hydrogens (tertiary/aromatic N) is 3. The third kappa shape index (κ3) is 3.28. The third-order valence-corrected chi connectivity index (χ3v) is 3.38. The second-order valence-corrected chi connectivity index (χ2v) is 4.88. The highest BCUT2D eigenvalue weighted by atomic mass is 79.9. The Bertz CT molecular complexity index is 289. The smallest absolute Gasteiger partial charge is 0.151 e. The van der Waals surface area contributed by atoms with E-state index < -0.39 is 0 Å². The zero-order valence-electron chi connectivity index (χ0n) is 9.79. The van der Waals surface area contributed by atoms with Crippen LogP contribution >= 0.6 is 15.9 Å². The van der Waals surface area contributed by atoms with Crippen LogP contribution in [-0.4, -0.2) is 28.1 Å². The molecule has 0 spiro atoms. The SMILES string of the molecule is CNC(CCc1c(Br)nnn1C)C(C)C. The summed E-state index contributed by atoms with van der Waals surface area (Å²) in [5, 5.41) is 11.3. The molecule has 0 amide bonds. The van der Waals surface area contributed by atoms with Crippen molar-refractivity contribution in [2.24, 2.45) is 13.0 Å². The molecule has 1 rings (SSSR count). The normalized spacial score (nSPS) is 13.5. The summed E-state index contributed by atoms with van der Waals surface area (Å²) in [5.74, 6) is 0.648. The van der Waals surface area contributed by atoms with Gasteiger partial charge < -0.3 is 5.32 Å². The fourth-order valence-electron chi connectivity index (χ4n) is 1.72. The molecule has 1 aromatic heterocycles. The van der Waals surface area contributed by atoms with E-state index >= 15 is 0 Å². The van der Waals surface area contributed by atoms with Crippen molar-refractivity contribution in [2.75, 3.05) is 7.05 Å². The number of hydrogen-bond donors (Lipinski definition) is 1. The lowest BCUT2D eigenvalue weighted by atomic mass is 9.99. The maximum Gasteiger partial charge on any atom is 0.151 e. The Balaban J connectivity index is 2.56. The summed E-state index contributed by atoms with van der Waals surface area (Å²) >= 11 is 3.41. The van der Waals surface area contributed by atoms with Crippen LogP contribution in [-0.2, 0) is 13.5 Å². The Morgan fingerprint density at radius 1 is 1.47 bits per heavy atom. The average Bonchev–Trinajstić information content (AvgIpc) is 2.49. The summed E-state index contributed by atoms with van der Waals surface area (Å²) in [6.45, 7) is 4.47. The van der Waals surface area contributed by atoms with Crippen LogP contribution in [0.5, 0.6) is 0 Å². The van der Waals surface area contributed by atoms with Crippen molar-refractivity contribution in [3.05, 3.63) is 10.3 Å². The fourth-order valence-corrected chi connectivity index (χ4v) is 2.25. The summed E-state index contributed by atoms with van der Waals surface area (Å²) in [6.07, 6.45) is 2.10. The molecule has 0 radical (unpaired) electrons. The van der Waals surface area contributed by atoms with E-state index in [1.54, 1.807) is 0 Å². The van der Waals surface area contributed by atoms with Crippen molar-refractivity contribution in [1.29, 1.82) is 0 Å². The Kier molecular flexibility index (Phi) is 4.73. The van der Waals surface area contributed by atoms with Crippen molar-refractivity contribution in [2.45, 2.75) is 32.7 Å². The number of halogens is 1. The molecule has 0 aromatic carbocycles. The molecule has 1 heterocycles. The molecule has 0 aliphatic heterocycles. The van der Waals surface area contributed by atoms with E-state index in [2.05, 4.69) is 45.4 Å². The molecular weight excluding hydrogens is 256 g/mol. The Labute approximate surface area is 99.6 Å². The molecule has 15 heavy (non-hydrogen) atoms. The molecule has 1 atom stereocenters. The van der Waals surface area contributed by atoms with Gasteiger partial charge in [0, 0.05) is 13.1 Å². The van der Waals surface area contributed by atoms with E-state index in [0.717, 1.165) is 23.1 Å². The molecule has 1 N–H and O–H groups in total. The molecule has 1 aromatic rings. The Morgan fingerprint density at radius 2 is 2.13 bits per heavy atom. The standard InChI is InChI=1S/C10H19BrN4/c1-7(2)8(12-3)5-6-9-10(11)13-14-15(9)4/h7-8,12H,5-6H2,1-4H3. The lowest BCUT2D eigenvalue weighted by molar-refractivity contribution is 0.399. The van der Waals surface area contributed by atoms with Gasteiger partial charge in [0.1, 0.15) is 0 Å². The lowest BCUT2D eigenvalue weighted by Gasteiger charge is -2.19. The van der Waals surface area contributed by atoms with Gasteiger partial charge >= 0.3 is 0 Å².